The third-order valence-corrected chi connectivity index (χ3v) is 3.54. The summed E-state index contributed by atoms with van der Waals surface area (Å²) in [5.41, 5.74) is -0.416. The first-order chi connectivity index (χ1) is 8.94. The lowest BCUT2D eigenvalue weighted by Crippen LogP contribution is -2.18. The Bertz CT molecular complexity index is 682. The molecule has 0 bridgehead atoms. The minimum absolute atomic E-state index is 0.136. The summed E-state index contributed by atoms with van der Waals surface area (Å²) in [6, 6.07) is 6.30. The first-order valence-corrected chi connectivity index (χ1v) is 6.43. The smallest absolute Gasteiger partial charge is 0.240 e. The van der Waals surface area contributed by atoms with E-state index >= 15 is 0 Å². The minimum Gasteiger partial charge on any atom is -0.357 e. The number of nitrogens with zero attached hydrogens (tertiary/aromatic N) is 2. The van der Waals surface area contributed by atoms with Crippen LogP contribution in [-0.4, -0.2) is 15.5 Å². The van der Waals surface area contributed by atoms with Gasteiger partial charge in [0.2, 0.25) is 10.0 Å². The summed E-state index contributed by atoms with van der Waals surface area (Å²) in [4.78, 5) is -0.136. The average Bonchev–Trinajstić information content (AvgIpc) is 2.41. The Balaban J connectivity index is 3.18. The van der Waals surface area contributed by atoms with E-state index in [1.54, 1.807) is 12.1 Å². The highest BCUT2D eigenvalue weighted by Crippen LogP contribution is 2.19. The maximum absolute atomic E-state index is 13.4. The number of nitriles is 2. The standard InChI is InChI=1S/C11H9FN4O2S/c1-15-19(17,18)9-2-3-10(12)11(4-9)16-7-8(5-13)6-14/h2-4,7,15-16H,1H3. The predicted molar refractivity (Wildman–Crippen MR) is 65.6 cm³/mol. The molecule has 8 heteroatoms. The predicted octanol–water partition coefficient (Wildman–Crippen LogP) is 1.08. The summed E-state index contributed by atoms with van der Waals surface area (Å²) < 4.78 is 38.6. The molecule has 0 aromatic heterocycles. The van der Waals surface area contributed by atoms with Gasteiger partial charge in [0.15, 0.2) is 0 Å². The monoisotopic (exact) mass is 280 g/mol. The molecule has 2 N–H and O–H groups in total. The number of rotatable bonds is 4. The second-order valence-corrected chi connectivity index (χ2v) is 5.16. The highest BCUT2D eigenvalue weighted by Gasteiger charge is 2.13. The van der Waals surface area contributed by atoms with Gasteiger partial charge >= 0.3 is 0 Å². The molecular formula is C11H9FN4O2S. The van der Waals surface area contributed by atoms with Gasteiger partial charge in [0.25, 0.3) is 0 Å². The van der Waals surface area contributed by atoms with Gasteiger partial charge in [-0.15, -0.1) is 0 Å². The second-order valence-electron chi connectivity index (χ2n) is 3.28. The summed E-state index contributed by atoms with van der Waals surface area (Å²) in [6.45, 7) is 0. The van der Waals surface area contributed by atoms with Crippen molar-refractivity contribution in [2.75, 3.05) is 12.4 Å². The first-order valence-electron chi connectivity index (χ1n) is 4.94. The molecule has 0 amide bonds. The summed E-state index contributed by atoms with van der Waals surface area (Å²) in [5.74, 6) is -0.707. The van der Waals surface area contributed by atoms with E-state index in [2.05, 4.69) is 10.0 Å². The Kier molecular flexibility index (Phi) is 4.59. The zero-order valence-corrected chi connectivity index (χ0v) is 10.6. The molecule has 1 aromatic rings. The van der Waals surface area contributed by atoms with Gasteiger partial charge in [-0.2, -0.15) is 10.5 Å². The molecule has 0 saturated carbocycles. The number of hydrogen-bond donors (Lipinski definition) is 2. The van der Waals surface area contributed by atoms with E-state index in [0.717, 1.165) is 24.4 Å². The SMILES string of the molecule is CNS(=O)(=O)c1ccc(F)c(NC=C(C#N)C#N)c1. The quantitative estimate of drug-likeness (QED) is 0.803. The lowest BCUT2D eigenvalue weighted by Gasteiger charge is -2.06. The van der Waals surface area contributed by atoms with E-state index in [1.165, 1.54) is 7.05 Å². The van der Waals surface area contributed by atoms with E-state index in [4.69, 9.17) is 10.5 Å². The fraction of sp³-hybridized carbons (Fsp3) is 0.0909. The van der Waals surface area contributed by atoms with E-state index in [0.29, 0.717) is 0 Å². The molecule has 6 nitrogen and oxygen atoms in total. The van der Waals surface area contributed by atoms with Crippen molar-refractivity contribution in [3.8, 4) is 12.1 Å². The van der Waals surface area contributed by atoms with Gasteiger partial charge in [0.05, 0.1) is 10.6 Å². The number of sulfonamides is 1. The lowest BCUT2D eigenvalue weighted by atomic mass is 10.3. The molecule has 0 aliphatic heterocycles. The first kappa shape index (κ1) is 14.6. The van der Waals surface area contributed by atoms with Crippen molar-refractivity contribution < 1.29 is 12.8 Å². The van der Waals surface area contributed by atoms with Gasteiger partial charge in [0, 0.05) is 6.20 Å². The van der Waals surface area contributed by atoms with Crippen molar-refractivity contribution >= 4 is 15.7 Å². The van der Waals surface area contributed by atoms with Crippen LogP contribution in [-0.2, 0) is 10.0 Å². The summed E-state index contributed by atoms with van der Waals surface area (Å²) in [5, 5.41) is 19.4. The third-order valence-electron chi connectivity index (χ3n) is 2.13. The van der Waals surface area contributed by atoms with Crippen LogP contribution in [0.4, 0.5) is 10.1 Å². The summed E-state index contributed by atoms with van der Waals surface area (Å²) >= 11 is 0. The van der Waals surface area contributed by atoms with Crippen molar-refractivity contribution in [3.05, 3.63) is 35.8 Å². The highest BCUT2D eigenvalue weighted by molar-refractivity contribution is 7.89. The third kappa shape index (κ3) is 3.52. The molecule has 0 saturated heterocycles. The van der Waals surface area contributed by atoms with Crippen LogP contribution in [0.5, 0.6) is 0 Å². The molecule has 0 aliphatic rings. The molecule has 0 unspecified atom stereocenters. The molecule has 1 aromatic carbocycles. The zero-order chi connectivity index (χ0) is 14.5. The Morgan fingerprint density at radius 1 is 1.37 bits per heavy atom. The minimum atomic E-state index is -3.69. The number of halogens is 1. The maximum Gasteiger partial charge on any atom is 0.240 e. The molecule has 0 atom stereocenters. The molecule has 98 valence electrons. The second kappa shape index (κ2) is 5.96. The van der Waals surface area contributed by atoms with Gasteiger partial charge in [-0.25, -0.2) is 17.5 Å². The van der Waals surface area contributed by atoms with Gasteiger partial charge in [-0.05, 0) is 25.2 Å². The van der Waals surface area contributed by atoms with Crippen LogP contribution in [0.25, 0.3) is 0 Å². The summed E-state index contributed by atoms with van der Waals surface area (Å²) in [7, 11) is -2.46. The van der Waals surface area contributed by atoms with Gasteiger partial charge in [-0.1, -0.05) is 0 Å². The van der Waals surface area contributed by atoms with E-state index in [1.807, 2.05) is 0 Å². The Hall–Kier alpha value is -2.42. The van der Waals surface area contributed by atoms with Gasteiger partial charge in [0.1, 0.15) is 23.5 Å². The Morgan fingerprint density at radius 3 is 2.53 bits per heavy atom. The maximum atomic E-state index is 13.4. The van der Waals surface area contributed by atoms with Gasteiger partial charge < -0.3 is 5.32 Å². The molecule has 0 radical (unpaired) electrons. The highest BCUT2D eigenvalue weighted by atomic mass is 32.2. The average molecular weight is 280 g/mol. The molecule has 0 spiro atoms. The van der Waals surface area contributed by atoms with Crippen molar-refractivity contribution in [2.24, 2.45) is 0 Å². The van der Waals surface area contributed by atoms with Crippen LogP contribution in [0.1, 0.15) is 0 Å². The molecule has 1 rings (SSSR count). The fourth-order valence-corrected chi connectivity index (χ4v) is 1.90. The number of anilines is 1. The molecule has 0 heterocycles. The zero-order valence-electron chi connectivity index (χ0n) is 9.81. The fourth-order valence-electron chi connectivity index (χ4n) is 1.14. The molecular weight excluding hydrogens is 271 g/mol. The number of nitrogens with one attached hydrogen (secondary N) is 2. The van der Waals surface area contributed by atoms with Crippen molar-refractivity contribution in [1.82, 2.24) is 4.72 Å². The van der Waals surface area contributed by atoms with Gasteiger partial charge in [-0.3, -0.25) is 0 Å². The molecule has 0 aliphatic carbocycles. The number of allylic oxidation sites excluding steroid dienone is 1. The summed E-state index contributed by atoms with van der Waals surface area (Å²) in [6.07, 6.45) is 0.994. The van der Waals surface area contributed by atoms with E-state index in [-0.39, 0.29) is 16.2 Å². The van der Waals surface area contributed by atoms with Crippen molar-refractivity contribution in [2.45, 2.75) is 4.90 Å². The van der Waals surface area contributed by atoms with Crippen LogP contribution < -0.4 is 10.0 Å². The topological polar surface area (TPSA) is 106 Å². The van der Waals surface area contributed by atoms with E-state index in [9.17, 15) is 12.8 Å². The van der Waals surface area contributed by atoms with Crippen molar-refractivity contribution in [1.29, 1.82) is 10.5 Å². The lowest BCUT2D eigenvalue weighted by molar-refractivity contribution is 0.587. The largest absolute Gasteiger partial charge is 0.357 e. The van der Waals surface area contributed by atoms with Crippen LogP contribution in [0.15, 0.2) is 34.9 Å². The Morgan fingerprint density at radius 2 is 2.00 bits per heavy atom. The molecule has 19 heavy (non-hydrogen) atoms. The normalized spacial score (nSPS) is 10.1. The number of benzene rings is 1. The number of hydrogen-bond acceptors (Lipinski definition) is 5. The van der Waals surface area contributed by atoms with Crippen LogP contribution in [0, 0.1) is 28.5 Å². The van der Waals surface area contributed by atoms with Crippen molar-refractivity contribution in [3.63, 3.8) is 0 Å². The van der Waals surface area contributed by atoms with Crippen LogP contribution in [0.2, 0.25) is 0 Å². The van der Waals surface area contributed by atoms with Crippen LogP contribution in [0.3, 0.4) is 0 Å². The van der Waals surface area contributed by atoms with E-state index < -0.39 is 15.8 Å². The van der Waals surface area contributed by atoms with Crippen LogP contribution >= 0.6 is 0 Å². The molecule has 0 fully saturated rings. The Labute approximate surface area is 109 Å².